The predicted octanol–water partition coefficient (Wildman–Crippen LogP) is 0.540. The summed E-state index contributed by atoms with van der Waals surface area (Å²) in [4.78, 5) is 16.2. The van der Waals surface area contributed by atoms with Crippen LogP contribution in [-0.4, -0.2) is 61.5 Å². The lowest BCUT2D eigenvalue weighted by atomic mass is 10.3. The van der Waals surface area contributed by atoms with Gasteiger partial charge in [0, 0.05) is 26.2 Å². The molecule has 1 heterocycles. The van der Waals surface area contributed by atoms with Gasteiger partial charge in [0.15, 0.2) is 0 Å². The van der Waals surface area contributed by atoms with Crippen LogP contribution in [0.1, 0.15) is 26.7 Å². The molecule has 1 amide bonds. The van der Waals surface area contributed by atoms with Gasteiger partial charge in [-0.3, -0.25) is 4.79 Å². The molecule has 0 aromatic rings. The van der Waals surface area contributed by atoms with Crippen molar-refractivity contribution >= 4 is 5.91 Å². The average Bonchev–Trinajstić information content (AvgIpc) is 2.34. The molecule has 0 saturated carbocycles. The Hall–Kier alpha value is -0.610. The van der Waals surface area contributed by atoms with E-state index in [0.29, 0.717) is 6.54 Å². The number of amides is 1. The number of carbonyl (C=O) groups is 1. The Morgan fingerprint density at radius 3 is 2.44 bits per heavy atom. The van der Waals surface area contributed by atoms with E-state index in [1.54, 1.807) is 0 Å². The van der Waals surface area contributed by atoms with Crippen LogP contribution in [0, 0.1) is 0 Å². The molecule has 0 aromatic carbocycles. The fourth-order valence-corrected chi connectivity index (χ4v) is 1.92. The number of nitrogens with one attached hydrogen (secondary N) is 1. The molecule has 0 bridgehead atoms. The summed E-state index contributed by atoms with van der Waals surface area (Å²) < 4.78 is 0. The maximum Gasteiger partial charge on any atom is 0.236 e. The van der Waals surface area contributed by atoms with Crippen molar-refractivity contribution in [2.75, 3.05) is 45.8 Å². The zero-order chi connectivity index (χ0) is 11.8. The average molecular weight is 227 g/mol. The van der Waals surface area contributed by atoms with Crippen LogP contribution in [0.4, 0.5) is 0 Å². The Balaban J connectivity index is 2.13. The molecule has 4 nitrogen and oxygen atoms in total. The molecule has 0 unspecified atom stereocenters. The van der Waals surface area contributed by atoms with Crippen molar-refractivity contribution in [2.24, 2.45) is 0 Å². The number of piperazine rings is 1. The standard InChI is InChI=1S/C12H25N3O/c1-3-5-6-13-11-12(16)15-9-7-14(4-2)8-10-15/h13H,3-11H2,1-2H3. The van der Waals surface area contributed by atoms with Gasteiger partial charge in [-0.15, -0.1) is 0 Å². The van der Waals surface area contributed by atoms with E-state index in [-0.39, 0.29) is 5.91 Å². The second kappa shape index (κ2) is 7.63. The third-order valence-electron chi connectivity index (χ3n) is 3.16. The van der Waals surface area contributed by atoms with Gasteiger partial charge in [-0.1, -0.05) is 20.3 Å². The summed E-state index contributed by atoms with van der Waals surface area (Å²) in [5, 5.41) is 3.20. The zero-order valence-electron chi connectivity index (χ0n) is 10.7. The fraction of sp³-hybridized carbons (Fsp3) is 0.917. The Morgan fingerprint density at radius 1 is 1.19 bits per heavy atom. The minimum absolute atomic E-state index is 0.256. The van der Waals surface area contributed by atoms with Crippen LogP contribution in [0.15, 0.2) is 0 Å². The smallest absolute Gasteiger partial charge is 0.236 e. The van der Waals surface area contributed by atoms with Crippen molar-refractivity contribution in [1.29, 1.82) is 0 Å². The molecule has 0 spiro atoms. The second-order valence-electron chi connectivity index (χ2n) is 4.35. The van der Waals surface area contributed by atoms with Crippen LogP contribution in [0.2, 0.25) is 0 Å². The summed E-state index contributed by atoms with van der Waals surface area (Å²) in [5.41, 5.74) is 0. The molecule has 16 heavy (non-hydrogen) atoms. The van der Waals surface area contributed by atoms with Crippen LogP contribution in [-0.2, 0) is 4.79 Å². The van der Waals surface area contributed by atoms with Crippen molar-refractivity contribution < 1.29 is 4.79 Å². The number of likely N-dealkylation sites (N-methyl/N-ethyl adjacent to an activating group) is 1. The molecule has 0 atom stereocenters. The monoisotopic (exact) mass is 227 g/mol. The van der Waals surface area contributed by atoms with Gasteiger partial charge < -0.3 is 15.1 Å². The van der Waals surface area contributed by atoms with Crippen LogP contribution in [0.5, 0.6) is 0 Å². The second-order valence-corrected chi connectivity index (χ2v) is 4.35. The molecule has 1 saturated heterocycles. The number of nitrogens with zero attached hydrogens (tertiary/aromatic N) is 2. The van der Waals surface area contributed by atoms with E-state index < -0.39 is 0 Å². The molecule has 0 aliphatic carbocycles. The Bertz CT molecular complexity index is 200. The molecule has 0 radical (unpaired) electrons. The highest BCUT2D eigenvalue weighted by molar-refractivity contribution is 5.78. The highest BCUT2D eigenvalue weighted by Gasteiger charge is 2.19. The normalized spacial score (nSPS) is 17.8. The molecule has 1 aliphatic heterocycles. The Labute approximate surface area is 99.0 Å². The lowest BCUT2D eigenvalue weighted by Crippen LogP contribution is -2.50. The summed E-state index contributed by atoms with van der Waals surface area (Å²) in [6.45, 7) is 10.7. The number of hydrogen-bond donors (Lipinski definition) is 1. The highest BCUT2D eigenvalue weighted by Crippen LogP contribution is 2.00. The van der Waals surface area contributed by atoms with Crippen molar-refractivity contribution in [2.45, 2.75) is 26.7 Å². The first-order valence-electron chi connectivity index (χ1n) is 6.48. The SMILES string of the molecule is CCCCNCC(=O)N1CCN(CC)CC1. The van der Waals surface area contributed by atoms with E-state index in [2.05, 4.69) is 24.1 Å². The lowest BCUT2D eigenvalue weighted by Gasteiger charge is -2.34. The minimum Gasteiger partial charge on any atom is -0.339 e. The number of rotatable bonds is 6. The largest absolute Gasteiger partial charge is 0.339 e. The highest BCUT2D eigenvalue weighted by atomic mass is 16.2. The lowest BCUT2D eigenvalue weighted by molar-refractivity contribution is -0.131. The molecule has 1 aliphatic rings. The van der Waals surface area contributed by atoms with Gasteiger partial charge in [0.25, 0.3) is 0 Å². The van der Waals surface area contributed by atoms with Crippen molar-refractivity contribution in [3.63, 3.8) is 0 Å². The number of unbranched alkanes of at least 4 members (excludes halogenated alkanes) is 1. The Kier molecular flexibility index (Phi) is 6.42. The van der Waals surface area contributed by atoms with E-state index >= 15 is 0 Å². The van der Waals surface area contributed by atoms with Gasteiger partial charge in [-0.25, -0.2) is 0 Å². The van der Waals surface area contributed by atoms with Crippen LogP contribution in [0.3, 0.4) is 0 Å². The summed E-state index contributed by atoms with van der Waals surface area (Å²) in [6, 6.07) is 0. The first-order valence-corrected chi connectivity index (χ1v) is 6.48. The molecule has 1 rings (SSSR count). The van der Waals surface area contributed by atoms with Gasteiger partial charge in [-0.2, -0.15) is 0 Å². The molecule has 94 valence electrons. The van der Waals surface area contributed by atoms with E-state index in [4.69, 9.17) is 0 Å². The molecular formula is C12H25N3O. The molecule has 1 N–H and O–H groups in total. The number of carbonyl (C=O) groups excluding carboxylic acids is 1. The van der Waals surface area contributed by atoms with E-state index in [1.807, 2.05) is 4.90 Å². The maximum absolute atomic E-state index is 11.8. The molecule has 0 aromatic heterocycles. The zero-order valence-corrected chi connectivity index (χ0v) is 10.7. The maximum atomic E-state index is 11.8. The molecule has 4 heteroatoms. The third-order valence-corrected chi connectivity index (χ3v) is 3.16. The summed E-state index contributed by atoms with van der Waals surface area (Å²) in [7, 11) is 0. The Morgan fingerprint density at radius 2 is 1.88 bits per heavy atom. The first kappa shape index (κ1) is 13.5. The summed E-state index contributed by atoms with van der Waals surface area (Å²) >= 11 is 0. The summed E-state index contributed by atoms with van der Waals surface area (Å²) in [5.74, 6) is 0.256. The third kappa shape index (κ3) is 4.49. The fourth-order valence-electron chi connectivity index (χ4n) is 1.92. The van der Waals surface area contributed by atoms with Crippen LogP contribution >= 0.6 is 0 Å². The predicted molar refractivity (Wildman–Crippen MR) is 66.5 cm³/mol. The van der Waals surface area contributed by atoms with E-state index in [0.717, 1.165) is 45.7 Å². The van der Waals surface area contributed by atoms with Gasteiger partial charge in [0.05, 0.1) is 6.54 Å². The van der Waals surface area contributed by atoms with Gasteiger partial charge in [-0.05, 0) is 19.5 Å². The van der Waals surface area contributed by atoms with Crippen molar-refractivity contribution in [3.05, 3.63) is 0 Å². The quantitative estimate of drug-likeness (QED) is 0.673. The number of hydrogen-bond acceptors (Lipinski definition) is 3. The van der Waals surface area contributed by atoms with Gasteiger partial charge in [0.1, 0.15) is 0 Å². The van der Waals surface area contributed by atoms with Crippen LogP contribution < -0.4 is 5.32 Å². The van der Waals surface area contributed by atoms with Crippen LogP contribution in [0.25, 0.3) is 0 Å². The van der Waals surface area contributed by atoms with Gasteiger partial charge in [0.2, 0.25) is 5.91 Å². The topological polar surface area (TPSA) is 35.6 Å². The van der Waals surface area contributed by atoms with Crippen molar-refractivity contribution in [3.8, 4) is 0 Å². The van der Waals surface area contributed by atoms with Crippen molar-refractivity contribution in [1.82, 2.24) is 15.1 Å². The van der Waals surface area contributed by atoms with E-state index in [1.165, 1.54) is 6.42 Å². The van der Waals surface area contributed by atoms with E-state index in [9.17, 15) is 4.79 Å². The first-order chi connectivity index (χ1) is 7.77. The van der Waals surface area contributed by atoms with Gasteiger partial charge >= 0.3 is 0 Å². The molecule has 1 fully saturated rings. The minimum atomic E-state index is 0.256. The summed E-state index contributed by atoms with van der Waals surface area (Å²) in [6.07, 6.45) is 2.33. The molecular weight excluding hydrogens is 202 g/mol.